The highest BCUT2D eigenvalue weighted by molar-refractivity contribution is 9.10. The first-order valence-corrected chi connectivity index (χ1v) is 10.3. The lowest BCUT2D eigenvalue weighted by molar-refractivity contribution is 0.0945. The second-order valence-corrected chi connectivity index (χ2v) is 7.34. The SMILES string of the molecule is CCN(CC)Cc1nnn(-c2nonc2N)c1C(=O)N/N=C/c1cc(Br)c(O)c(OC)c1. The van der Waals surface area contributed by atoms with E-state index >= 15 is 0 Å². The van der Waals surface area contributed by atoms with Gasteiger partial charge in [-0.05, 0) is 57.0 Å². The number of hydrogen-bond donors (Lipinski definition) is 3. The van der Waals surface area contributed by atoms with Crippen molar-refractivity contribution in [2.75, 3.05) is 25.9 Å². The Kier molecular flexibility index (Phi) is 7.37. The van der Waals surface area contributed by atoms with Crippen molar-refractivity contribution in [3.05, 3.63) is 33.6 Å². The van der Waals surface area contributed by atoms with Crippen LogP contribution in [0.4, 0.5) is 5.82 Å². The molecule has 0 bridgehead atoms. The van der Waals surface area contributed by atoms with E-state index in [9.17, 15) is 9.90 Å². The number of carbonyl (C=O) groups excluding carboxylic acids is 1. The van der Waals surface area contributed by atoms with Crippen LogP contribution in [-0.4, -0.2) is 67.6 Å². The summed E-state index contributed by atoms with van der Waals surface area (Å²) in [6, 6.07) is 3.18. The first-order valence-electron chi connectivity index (χ1n) is 9.54. The van der Waals surface area contributed by atoms with Crippen molar-refractivity contribution < 1.29 is 19.3 Å². The molecule has 14 heteroatoms. The van der Waals surface area contributed by atoms with E-state index in [-0.39, 0.29) is 28.8 Å². The molecule has 0 radical (unpaired) electrons. The van der Waals surface area contributed by atoms with Crippen LogP contribution in [0.25, 0.3) is 5.82 Å². The van der Waals surface area contributed by atoms with E-state index in [4.69, 9.17) is 10.5 Å². The van der Waals surface area contributed by atoms with Crippen LogP contribution < -0.4 is 15.9 Å². The van der Waals surface area contributed by atoms with Crippen molar-refractivity contribution in [2.45, 2.75) is 20.4 Å². The number of carbonyl (C=O) groups is 1. The summed E-state index contributed by atoms with van der Waals surface area (Å²) in [4.78, 5) is 15.1. The molecular weight excluding hydrogens is 486 g/mol. The molecule has 1 amide bonds. The highest BCUT2D eigenvalue weighted by Gasteiger charge is 2.25. The van der Waals surface area contributed by atoms with Crippen molar-refractivity contribution >= 4 is 33.9 Å². The van der Waals surface area contributed by atoms with Crippen LogP contribution in [-0.2, 0) is 6.54 Å². The van der Waals surface area contributed by atoms with Gasteiger partial charge in [0.2, 0.25) is 11.6 Å². The van der Waals surface area contributed by atoms with Crippen LogP contribution in [0, 0.1) is 0 Å². The quantitative estimate of drug-likeness (QED) is 0.283. The first-order chi connectivity index (χ1) is 15.4. The number of hydrogen-bond acceptors (Lipinski definition) is 11. The minimum Gasteiger partial charge on any atom is -0.503 e. The number of aromatic nitrogens is 5. The van der Waals surface area contributed by atoms with E-state index in [1.54, 1.807) is 12.1 Å². The summed E-state index contributed by atoms with van der Waals surface area (Å²) in [7, 11) is 1.43. The average molecular weight is 508 g/mol. The average Bonchev–Trinajstić information content (AvgIpc) is 3.39. The van der Waals surface area contributed by atoms with E-state index in [1.165, 1.54) is 13.3 Å². The summed E-state index contributed by atoms with van der Waals surface area (Å²) in [5, 5.41) is 29.3. The summed E-state index contributed by atoms with van der Waals surface area (Å²) in [6.45, 7) is 5.90. The maximum Gasteiger partial charge on any atom is 0.292 e. The Balaban J connectivity index is 1.89. The van der Waals surface area contributed by atoms with Gasteiger partial charge in [-0.3, -0.25) is 9.69 Å². The Morgan fingerprint density at radius 2 is 2.16 bits per heavy atom. The lowest BCUT2D eigenvalue weighted by atomic mass is 10.2. The number of ether oxygens (including phenoxy) is 1. The Hall–Kier alpha value is -3.52. The molecule has 0 atom stereocenters. The summed E-state index contributed by atoms with van der Waals surface area (Å²) < 4.78 is 11.3. The van der Waals surface area contributed by atoms with Crippen LogP contribution in [0.15, 0.2) is 26.3 Å². The number of benzene rings is 1. The summed E-state index contributed by atoms with van der Waals surface area (Å²) in [5.41, 5.74) is 9.31. The van der Waals surface area contributed by atoms with E-state index in [0.29, 0.717) is 22.3 Å². The molecule has 0 aliphatic carbocycles. The van der Waals surface area contributed by atoms with Gasteiger partial charge in [0.1, 0.15) is 5.69 Å². The van der Waals surface area contributed by atoms with Crippen molar-refractivity contribution in [1.29, 1.82) is 0 Å². The molecule has 170 valence electrons. The molecule has 0 fully saturated rings. The standard InChI is InChI=1S/C18H22BrN9O4/c1-4-27(5-2)9-12-14(28(26-22-12)17-16(20)24-32-25-17)18(30)23-21-8-10-6-11(19)15(29)13(7-10)31-3/h6-8,29H,4-5,9H2,1-3H3,(H2,20,24)(H,23,30)/b21-8+. The Labute approximate surface area is 191 Å². The monoisotopic (exact) mass is 507 g/mol. The smallest absolute Gasteiger partial charge is 0.292 e. The molecule has 0 saturated carbocycles. The summed E-state index contributed by atoms with van der Waals surface area (Å²) in [5.74, 6) is -0.360. The van der Waals surface area contributed by atoms with Crippen LogP contribution in [0.2, 0.25) is 0 Å². The number of nitrogen functional groups attached to an aromatic ring is 1. The number of phenolic OH excluding ortho intramolecular Hbond substituents is 1. The molecule has 3 aromatic rings. The predicted molar refractivity (Wildman–Crippen MR) is 118 cm³/mol. The minimum atomic E-state index is -0.583. The number of aromatic hydroxyl groups is 1. The van der Waals surface area contributed by atoms with Crippen molar-refractivity contribution in [2.24, 2.45) is 5.10 Å². The zero-order valence-corrected chi connectivity index (χ0v) is 19.2. The number of halogens is 1. The Bertz CT molecular complexity index is 1120. The van der Waals surface area contributed by atoms with Gasteiger partial charge in [-0.1, -0.05) is 19.1 Å². The van der Waals surface area contributed by atoms with Crippen LogP contribution in [0.5, 0.6) is 11.5 Å². The third-order valence-corrected chi connectivity index (χ3v) is 5.17. The van der Waals surface area contributed by atoms with Gasteiger partial charge in [0.05, 0.1) is 17.8 Å². The molecule has 2 heterocycles. The van der Waals surface area contributed by atoms with E-state index < -0.39 is 5.91 Å². The van der Waals surface area contributed by atoms with Gasteiger partial charge in [0, 0.05) is 6.54 Å². The van der Waals surface area contributed by atoms with Gasteiger partial charge in [-0.15, -0.1) is 5.10 Å². The second-order valence-electron chi connectivity index (χ2n) is 6.48. The molecule has 0 unspecified atom stereocenters. The van der Waals surface area contributed by atoms with Gasteiger partial charge < -0.3 is 15.6 Å². The summed E-state index contributed by atoms with van der Waals surface area (Å²) in [6.07, 6.45) is 1.40. The third kappa shape index (κ3) is 4.86. The number of nitrogens with two attached hydrogens (primary N) is 1. The van der Waals surface area contributed by atoms with Gasteiger partial charge >= 0.3 is 0 Å². The molecule has 32 heavy (non-hydrogen) atoms. The fourth-order valence-electron chi connectivity index (χ4n) is 2.83. The van der Waals surface area contributed by atoms with Crippen molar-refractivity contribution in [1.82, 2.24) is 35.6 Å². The van der Waals surface area contributed by atoms with Crippen LogP contribution >= 0.6 is 15.9 Å². The number of hydrazone groups is 1. The third-order valence-electron chi connectivity index (χ3n) is 4.57. The predicted octanol–water partition coefficient (Wildman–Crippen LogP) is 1.31. The molecule has 0 spiro atoms. The number of rotatable bonds is 9. The Morgan fingerprint density at radius 3 is 2.78 bits per heavy atom. The number of nitrogens with zero attached hydrogens (tertiary/aromatic N) is 7. The fraction of sp³-hybridized carbons (Fsp3) is 0.333. The first kappa shape index (κ1) is 23.1. The lowest BCUT2D eigenvalue weighted by Crippen LogP contribution is -2.27. The molecule has 0 saturated heterocycles. The van der Waals surface area contributed by atoms with Crippen molar-refractivity contribution in [3.63, 3.8) is 0 Å². The van der Waals surface area contributed by atoms with Gasteiger partial charge in [0.15, 0.2) is 17.2 Å². The maximum absolute atomic E-state index is 13.0. The fourth-order valence-corrected chi connectivity index (χ4v) is 3.29. The number of phenols is 1. The van der Waals surface area contributed by atoms with Gasteiger partial charge in [-0.2, -0.15) is 9.78 Å². The molecule has 0 aliphatic rings. The molecule has 1 aromatic carbocycles. The van der Waals surface area contributed by atoms with E-state index in [2.05, 4.69) is 56.6 Å². The zero-order chi connectivity index (χ0) is 23.3. The summed E-state index contributed by atoms with van der Waals surface area (Å²) >= 11 is 3.24. The largest absolute Gasteiger partial charge is 0.503 e. The lowest BCUT2D eigenvalue weighted by Gasteiger charge is -2.16. The zero-order valence-electron chi connectivity index (χ0n) is 17.6. The van der Waals surface area contributed by atoms with Gasteiger partial charge in [0.25, 0.3) is 5.91 Å². The van der Waals surface area contributed by atoms with Crippen molar-refractivity contribution in [3.8, 4) is 17.3 Å². The maximum atomic E-state index is 13.0. The highest BCUT2D eigenvalue weighted by atomic mass is 79.9. The molecule has 0 aliphatic heterocycles. The molecule has 3 rings (SSSR count). The van der Waals surface area contributed by atoms with E-state index in [1.807, 2.05) is 13.8 Å². The number of nitrogens with one attached hydrogen (secondary N) is 1. The second kappa shape index (κ2) is 10.2. The molecule has 4 N–H and O–H groups in total. The van der Waals surface area contributed by atoms with Crippen LogP contribution in [0.3, 0.4) is 0 Å². The van der Waals surface area contributed by atoms with Crippen LogP contribution in [0.1, 0.15) is 35.6 Å². The number of anilines is 1. The Morgan fingerprint density at radius 1 is 1.41 bits per heavy atom. The number of methoxy groups -OCH3 is 1. The molecule has 2 aromatic heterocycles. The van der Waals surface area contributed by atoms with Gasteiger partial charge in [-0.25, -0.2) is 10.1 Å². The minimum absolute atomic E-state index is 0.0384. The highest BCUT2D eigenvalue weighted by Crippen LogP contribution is 2.34. The number of amides is 1. The normalized spacial score (nSPS) is 11.4. The van der Waals surface area contributed by atoms with E-state index in [0.717, 1.165) is 17.8 Å². The molecule has 13 nitrogen and oxygen atoms in total. The topological polar surface area (TPSA) is 170 Å². The molecular formula is C18H22BrN9O4.